The van der Waals surface area contributed by atoms with E-state index in [1.54, 1.807) is 0 Å². The van der Waals surface area contributed by atoms with Crippen LogP contribution in [0.15, 0.2) is 54.3 Å². The fourth-order valence-corrected chi connectivity index (χ4v) is 2.63. The molecule has 0 amide bonds. The standard InChI is InChI=1S/C19H10F3NO3/c20-19(21,22)14-4-2-1-3-13(14)9-15-17(24)16(18(25)26-15)12-7-5-11(10-23)6-8-12/h1-9,16H/b15-9-. The molecule has 1 aliphatic heterocycles. The van der Waals surface area contributed by atoms with Gasteiger partial charge in [-0.25, -0.2) is 0 Å². The number of ketones is 1. The summed E-state index contributed by atoms with van der Waals surface area (Å²) >= 11 is 0. The van der Waals surface area contributed by atoms with Gasteiger partial charge >= 0.3 is 12.1 Å². The van der Waals surface area contributed by atoms with E-state index in [0.29, 0.717) is 11.1 Å². The molecule has 7 heteroatoms. The molecule has 1 saturated heterocycles. The van der Waals surface area contributed by atoms with Gasteiger partial charge in [0.25, 0.3) is 0 Å². The van der Waals surface area contributed by atoms with Gasteiger partial charge in [0.05, 0.1) is 17.2 Å². The van der Waals surface area contributed by atoms with E-state index in [-0.39, 0.29) is 5.56 Å². The van der Waals surface area contributed by atoms with E-state index in [4.69, 9.17) is 10.00 Å². The number of nitrogens with zero attached hydrogens (tertiary/aromatic N) is 1. The number of benzene rings is 2. The zero-order valence-electron chi connectivity index (χ0n) is 13.1. The fourth-order valence-electron chi connectivity index (χ4n) is 2.63. The summed E-state index contributed by atoms with van der Waals surface area (Å²) in [4.78, 5) is 24.5. The van der Waals surface area contributed by atoms with E-state index in [0.717, 1.165) is 12.1 Å². The molecule has 0 aromatic heterocycles. The van der Waals surface area contributed by atoms with E-state index in [1.807, 2.05) is 6.07 Å². The second-order valence-electron chi connectivity index (χ2n) is 5.55. The lowest BCUT2D eigenvalue weighted by atomic mass is 9.94. The molecule has 1 heterocycles. The molecule has 0 saturated carbocycles. The molecule has 1 atom stereocenters. The summed E-state index contributed by atoms with van der Waals surface area (Å²) in [6, 6.07) is 12.4. The number of hydrogen-bond acceptors (Lipinski definition) is 4. The lowest BCUT2D eigenvalue weighted by Crippen LogP contribution is -2.12. The van der Waals surface area contributed by atoms with Gasteiger partial charge in [-0.3, -0.25) is 9.59 Å². The van der Waals surface area contributed by atoms with Gasteiger partial charge in [-0.05, 0) is 35.4 Å². The SMILES string of the molecule is N#Cc1ccc(C2C(=O)O/C(=C\c3ccccc3C(F)(F)F)C2=O)cc1. The van der Waals surface area contributed by atoms with E-state index in [1.165, 1.54) is 42.5 Å². The van der Waals surface area contributed by atoms with Gasteiger partial charge in [0.2, 0.25) is 5.78 Å². The molecule has 2 aromatic carbocycles. The van der Waals surface area contributed by atoms with E-state index in [9.17, 15) is 22.8 Å². The normalized spacial score (nSPS) is 18.7. The summed E-state index contributed by atoms with van der Waals surface area (Å²) in [5, 5.41) is 8.79. The number of cyclic esters (lactones) is 1. The number of carbonyl (C=O) groups excluding carboxylic acids is 2. The first kappa shape index (κ1) is 17.4. The van der Waals surface area contributed by atoms with Crippen molar-refractivity contribution in [3.8, 4) is 6.07 Å². The zero-order valence-corrected chi connectivity index (χ0v) is 13.1. The molecule has 0 bridgehead atoms. The third kappa shape index (κ3) is 3.22. The number of alkyl halides is 3. The highest BCUT2D eigenvalue weighted by molar-refractivity contribution is 6.19. The van der Waals surface area contributed by atoms with Crippen molar-refractivity contribution in [1.29, 1.82) is 5.26 Å². The van der Waals surface area contributed by atoms with Crippen LogP contribution in [0.2, 0.25) is 0 Å². The van der Waals surface area contributed by atoms with Gasteiger partial charge in [0.15, 0.2) is 5.76 Å². The minimum atomic E-state index is -4.61. The van der Waals surface area contributed by atoms with Crippen molar-refractivity contribution in [1.82, 2.24) is 0 Å². The van der Waals surface area contributed by atoms with Crippen LogP contribution in [0.1, 0.15) is 28.2 Å². The van der Waals surface area contributed by atoms with Crippen molar-refractivity contribution in [3.63, 3.8) is 0 Å². The summed E-state index contributed by atoms with van der Waals surface area (Å²) in [7, 11) is 0. The predicted molar refractivity (Wildman–Crippen MR) is 84.4 cm³/mol. The fraction of sp³-hybridized carbons (Fsp3) is 0.105. The first-order valence-corrected chi connectivity index (χ1v) is 7.45. The van der Waals surface area contributed by atoms with Crippen LogP contribution in [0, 0.1) is 11.3 Å². The van der Waals surface area contributed by atoms with Crippen molar-refractivity contribution >= 4 is 17.8 Å². The number of ether oxygens (including phenoxy) is 1. The zero-order chi connectivity index (χ0) is 18.9. The Bertz CT molecular complexity index is 953. The minimum Gasteiger partial charge on any atom is -0.422 e. The number of halogens is 3. The van der Waals surface area contributed by atoms with Crippen molar-refractivity contribution in [2.24, 2.45) is 0 Å². The van der Waals surface area contributed by atoms with Crippen LogP contribution in [0.4, 0.5) is 13.2 Å². The summed E-state index contributed by atoms with van der Waals surface area (Å²) in [5.41, 5.74) is -0.538. The highest BCUT2D eigenvalue weighted by Gasteiger charge is 2.41. The number of esters is 1. The van der Waals surface area contributed by atoms with Crippen molar-refractivity contribution in [3.05, 3.63) is 76.5 Å². The first-order chi connectivity index (χ1) is 12.3. The van der Waals surface area contributed by atoms with Crippen LogP contribution in [-0.4, -0.2) is 11.8 Å². The lowest BCUT2D eigenvalue weighted by molar-refractivity contribution is -0.138. The molecule has 1 unspecified atom stereocenters. The number of nitriles is 1. The molecule has 1 fully saturated rings. The van der Waals surface area contributed by atoms with Crippen molar-refractivity contribution < 1.29 is 27.5 Å². The Morgan fingerprint density at radius 2 is 1.69 bits per heavy atom. The molecule has 3 rings (SSSR count). The average molecular weight is 357 g/mol. The van der Waals surface area contributed by atoms with E-state index in [2.05, 4.69) is 0 Å². The van der Waals surface area contributed by atoms with Gasteiger partial charge in [-0.2, -0.15) is 18.4 Å². The van der Waals surface area contributed by atoms with Crippen molar-refractivity contribution in [2.75, 3.05) is 0 Å². The largest absolute Gasteiger partial charge is 0.422 e. The van der Waals surface area contributed by atoms with Crippen LogP contribution in [0.25, 0.3) is 6.08 Å². The maximum atomic E-state index is 13.1. The van der Waals surface area contributed by atoms with Gasteiger partial charge in [-0.1, -0.05) is 30.3 Å². The van der Waals surface area contributed by atoms with Crippen molar-refractivity contribution in [2.45, 2.75) is 12.1 Å². The number of allylic oxidation sites excluding steroid dienone is 1. The second-order valence-corrected chi connectivity index (χ2v) is 5.55. The molecule has 0 N–H and O–H groups in total. The molecule has 2 aromatic rings. The molecule has 0 spiro atoms. The Kier molecular flexibility index (Phi) is 4.34. The predicted octanol–water partition coefficient (Wildman–Crippen LogP) is 3.83. The molecular formula is C19H10F3NO3. The van der Waals surface area contributed by atoms with Gasteiger partial charge in [-0.15, -0.1) is 0 Å². The van der Waals surface area contributed by atoms with Crippen LogP contribution in [0.5, 0.6) is 0 Å². The van der Waals surface area contributed by atoms with Gasteiger partial charge < -0.3 is 4.74 Å². The average Bonchev–Trinajstić information content (AvgIpc) is 2.88. The molecule has 0 aliphatic carbocycles. The minimum absolute atomic E-state index is 0.267. The number of carbonyl (C=O) groups is 2. The summed E-state index contributed by atoms with van der Waals surface area (Å²) in [6.45, 7) is 0. The summed E-state index contributed by atoms with van der Waals surface area (Å²) < 4.78 is 44.1. The Hall–Kier alpha value is -3.40. The maximum Gasteiger partial charge on any atom is 0.416 e. The van der Waals surface area contributed by atoms with Gasteiger partial charge in [0, 0.05) is 0 Å². The van der Waals surface area contributed by atoms with Crippen LogP contribution in [0.3, 0.4) is 0 Å². The monoisotopic (exact) mass is 357 g/mol. The summed E-state index contributed by atoms with van der Waals surface area (Å²) in [6.07, 6.45) is -3.68. The summed E-state index contributed by atoms with van der Waals surface area (Å²) in [5.74, 6) is -3.29. The van der Waals surface area contributed by atoms with Crippen LogP contribution < -0.4 is 0 Å². The number of Topliss-reactive ketones (excluding diaryl/α,β-unsaturated/α-hetero) is 1. The van der Waals surface area contributed by atoms with Gasteiger partial charge in [0.1, 0.15) is 5.92 Å². The number of hydrogen-bond donors (Lipinski definition) is 0. The maximum absolute atomic E-state index is 13.1. The number of rotatable bonds is 2. The van der Waals surface area contributed by atoms with E-state index >= 15 is 0 Å². The third-order valence-corrected chi connectivity index (χ3v) is 3.88. The third-order valence-electron chi connectivity index (χ3n) is 3.88. The molecule has 26 heavy (non-hydrogen) atoms. The molecule has 130 valence electrons. The molecule has 0 radical (unpaired) electrons. The lowest BCUT2D eigenvalue weighted by Gasteiger charge is -2.09. The van der Waals surface area contributed by atoms with E-state index < -0.39 is 35.2 Å². The van der Waals surface area contributed by atoms with Crippen LogP contribution >= 0.6 is 0 Å². The first-order valence-electron chi connectivity index (χ1n) is 7.45. The topological polar surface area (TPSA) is 67.2 Å². The highest BCUT2D eigenvalue weighted by atomic mass is 19.4. The Balaban J connectivity index is 1.97. The Morgan fingerprint density at radius 1 is 1.04 bits per heavy atom. The quantitative estimate of drug-likeness (QED) is 0.465. The molecule has 1 aliphatic rings. The molecule has 4 nitrogen and oxygen atoms in total. The second kappa shape index (κ2) is 6.48. The smallest absolute Gasteiger partial charge is 0.416 e. The Labute approximate surface area is 146 Å². The Morgan fingerprint density at radius 3 is 2.31 bits per heavy atom. The molecular weight excluding hydrogens is 347 g/mol. The van der Waals surface area contributed by atoms with Crippen LogP contribution in [-0.2, 0) is 20.5 Å². The highest BCUT2D eigenvalue weighted by Crippen LogP contribution is 2.35.